The summed E-state index contributed by atoms with van der Waals surface area (Å²) in [5.74, 6) is 0.0250. The van der Waals surface area contributed by atoms with Gasteiger partial charge in [-0.05, 0) is 17.5 Å². The van der Waals surface area contributed by atoms with Crippen LogP contribution in [0.5, 0.6) is 0 Å². The largest absolute Gasteiger partial charge is 0.381 e. The summed E-state index contributed by atoms with van der Waals surface area (Å²) in [6.45, 7) is 6.35. The molecule has 2 N–H and O–H groups in total. The molecule has 0 bridgehead atoms. The number of rotatable bonds is 3. The first-order valence-electron chi connectivity index (χ1n) is 6.32. The van der Waals surface area contributed by atoms with Crippen LogP contribution in [0.3, 0.4) is 0 Å². The van der Waals surface area contributed by atoms with Crippen LogP contribution >= 0.6 is 0 Å². The highest BCUT2D eigenvalue weighted by atomic mass is 32.2. The molecule has 0 atom stereocenters. The Labute approximate surface area is 119 Å². The molecule has 2 heterocycles. The molecule has 2 rings (SSSR count). The van der Waals surface area contributed by atoms with Gasteiger partial charge in [0.05, 0.1) is 0 Å². The van der Waals surface area contributed by atoms with Gasteiger partial charge in [0, 0.05) is 19.8 Å². The maximum absolute atomic E-state index is 12.7. The molecule has 0 unspecified atom stereocenters. The summed E-state index contributed by atoms with van der Waals surface area (Å²) >= 11 is 0. The second-order valence-electron chi connectivity index (χ2n) is 6.05. The maximum atomic E-state index is 12.7. The third-order valence-electron chi connectivity index (χ3n) is 2.86. The van der Waals surface area contributed by atoms with Gasteiger partial charge in [0.15, 0.2) is 10.8 Å². The summed E-state index contributed by atoms with van der Waals surface area (Å²) in [5, 5.41) is 0.0276. The lowest BCUT2D eigenvalue weighted by molar-refractivity contribution is 0.310. The minimum Gasteiger partial charge on any atom is -0.381 e. The van der Waals surface area contributed by atoms with Crippen LogP contribution in [-0.4, -0.2) is 35.7 Å². The van der Waals surface area contributed by atoms with E-state index in [1.807, 2.05) is 20.8 Å². The second-order valence-corrected chi connectivity index (χ2v) is 8.01. The fraction of sp³-hybridized carbons (Fsp3) is 0.462. The summed E-state index contributed by atoms with van der Waals surface area (Å²) in [7, 11) is -2.12. The van der Waals surface area contributed by atoms with Crippen LogP contribution in [0.25, 0.3) is 5.65 Å². The van der Waals surface area contributed by atoms with E-state index in [-0.39, 0.29) is 16.3 Å². The highest BCUT2D eigenvalue weighted by Gasteiger charge is 2.30. The van der Waals surface area contributed by atoms with Gasteiger partial charge in [-0.2, -0.15) is 4.31 Å². The maximum Gasteiger partial charge on any atom is 0.262 e. The van der Waals surface area contributed by atoms with Gasteiger partial charge < -0.3 is 5.73 Å². The van der Waals surface area contributed by atoms with E-state index in [2.05, 4.69) is 4.98 Å². The molecule has 110 valence electrons. The van der Waals surface area contributed by atoms with Crippen LogP contribution in [0.4, 0.5) is 5.82 Å². The first kappa shape index (κ1) is 14.8. The number of imidazole rings is 1. The molecule has 0 fully saturated rings. The fourth-order valence-electron chi connectivity index (χ4n) is 2.15. The first-order chi connectivity index (χ1) is 9.13. The summed E-state index contributed by atoms with van der Waals surface area (Å²) in [4.78, 5) is 4.09. The van der Waals surface area contributed by atoms with Crippen molar-refractivity contribution >= 4 is 21.5 Å². The van der Waals surface area contributed by atoms with Gasteiger partial charge in [-0.3, -0.25) is 4.40 Å². The minimum atomic E-state index is -3.68. The lowest BCUT2D eigenvalue weighted by Crippen LogP contribution is -2.35. The van der Waals surface area contributed by atoms with Gasteiger partial charge in [0.25, 0.3) is 10.0 Å². The lowest BCUT2D eigenvalue weighted by Gasteiger charge is -2.25. The highest BCUT2D eigenvalue weighted by Crippen LogP contribution is 2.25. The Morgan fingerprint density at radius 3 is 2.60 bits per heavy atom. The summed E-state index contributed by atoms with van der Waals surface area (Å²) in [6.07, 6.45) is 1.65. The zero-order valence-corrected chi connectivity index (χ0v) is 13.0. The predicted octanol–water partition coefficient (Wildman–Crippen LogP) is 1.58. The number of hydrogen-bond acceptors (Lipinski definition) is 4. The summed E-state index contributed by atoms with van der Waals surface area (Å²) in [6, 6.07) is 5.26. The Hall–Kier alpha value is -1.60. The average Bonchev–Trinajstić information content (AvgIpc) is 2.62. The molecule has 7 heteroatoms. The number of aromatic nitrogens is 2. The van der Waals surface area contributed by atoms with E-state index in [4.69, 9.17) is 5.73 Å². The van der Waals surface area contributed by atoms with E-state index in [1.54, 1.807) is 31.4 Å². The molecule has 2 aromatic heterocycles. The van der Waals surface area contributed by atoms with Crippen molar-refractivity contribution in [1.82, 2.24) is 13.7 Å². The summed E-state index contributed by atoms with van der Waals surface area (Å²) in [5.41, 5.74) is 6.18. The van der Waals surface area contributed by atoms with Crippen molar-refractivity contribution in [2.24, 2.45) is 5.41 Å². The van der Waals surface area contributed by atoms with Gasteiger partial charge in [-0.1, -0.05) is 26.8 Å². The van der Waals surface area contributed by atoms with E-state index in [0.717, 1.165) is 0 Å². The monoisotopic (exact) mass is 296 g/mol. The quantitative estimate of drug-likeness (QED) is 0.932. The van der Waals surface area contributed by atoms with Crippen molar-refractivity contribution in [3.05, 3.63) is 24.4 Å². The average molecular weight is 296 g/mol. The van der Waals surface area contributed by atoms with E-state index in [0.29, 0.717) is 12.2 Å². The van der Waals surface area contributed by atoms with Crippen LogP contribution in [-0.2, 0) is 10.0 Å². The Kier molecular flexibility index (Phi) is 3.51. The topological polar surface area (TPSA) is 80.7 Å². The van der Waals surface area contributed by atoms with Crippen LogP contribution in [0.15, 0.2) is 29.4 Å². The summed E-state index contributed by atoms with van der Waals surface area (Å²) < 4.78 is 28.2. The molecule has 0 saturated heterocycles. The number of hydrogen-bond donors (Lipinski definition) is 1. The SMILES string of the molecule is CN(CC(C)(C)C)S(=O)(=O)c1c(N)nc2ccccn12. The highest BCUT2D eigenvalue weighted by molar-refractivity contribution is 7.89. The minimum absolute atomic E-state index is 0.0250. The number of nitrogens with zero attached hydrogens (tertiary/aromatic N) is 3. The van der Waals surface area contributed by atoms with E-state index in [9.17, 15) is 8.42 Å². The molecule has 0 aromatic carbocycles. The van der Waals surface area contributed by atoms with Gasteiger partial charge in [0.2, 0.25) is 0 Å². The number of sulfonamides is 1. The molecule has 0 aliphatic carbocycles. The number of fused-ring (bicyclic) bond motifs is 1. The third kappa shape index (κ3) is 2.64. The number of anilines is 1. The molecular weight excluding hydrogens is 276 g/mol. The number of pyridine rings is 1. The molecule has 6 nitrogen and oxygen atoms in total. The Morgan fingerprint density at radius 2 is 2.00 bits per heavy atom. The zero-order chi connectivity index (χ0) is 15.1. The van der Waals surface area contributed by atoms with Crippen molar-refractivity contribution in [3.63, 3.8) is 0 Å². The van der Waals surface area contributed by atoms with Gasteiger partial charge in [0.1, 0.15) is 5.65 Å². The Balaban J connectivity index is 2.55. The lowest BCUT2D eigenvalue weighted by atomic mass is 9.97. The van der Waals surface area contributed by atoms with Crippen molar-refractivity contribution in [3.8, 4) is 0 Å². The fourth-order valence-corrected chi connectivity index (χ4v) is 3.71. The molecule has 0 saturated carbocycles. The van der Waals surface area contributed by atoms with Crippen molar-refractivity contribution in [2.75, 3.05) is 19.3 Å². The molecule has 0 aliphatic rings. The molecule has 0 amide bonds. The van der Waals surface area contributed by atoms with Crippen molar-refractivity contribution in [1.29, 1.82) is 0 Å². The van der Waals surface area contributed by atoms with Crippen LogP contribution in [0.1, 0.15) is 20.8 Å². The number of nitrogens with two attached hydrogens (primary N) is 1. The van der Waals surface area contributed by atoms with E-state index >= 15 is 0 Å². The predicted molar refractivity (Wildman–Crippen MR) is 78.9 cm³/mol. The zero-order valence-electron chi connectivity index (χ0n) is 12.2. The van der Waals surface area contributed by atoms with Crippen molar-refractivity contribution in [2.45, 2.75) is 25.8 Å². The van der Waals surface area contributed by atoms with Crippen LogP contribution in [0.2, 0.25) is 0 Å². The molecule has 20 heavy (non-hydrogen) atoms. The van der Waals surface area contributed by atoms with Crippen LogP contribution in [0, 0.1) is 5.41 Å². The molecule has 0 radical (unpaired) electrons. The Morgan fingerprint density at radius 1 is 1.35 bits per heavy atom. The van der Waals surface area contributed by atoms with Crippen molar-refractivity contribution < 1.29 is 8.42 Å². The van der Waals surface area contributed by atoms with Gasteiger partial charge in [-0.15, -0.1) is 0 Å². The normalized spacial score (nSPS) is 13.2. The Bertz CT molecular complexity index is 728. The third-order valence-corrected chi connectivity index (χ3v) is 4.71. The van der Waals surface area contributed by atoms with Crippen LogP contribution < -0.4 is 5.73 Å². The van der Waals surface area contributed by atoms with E-state index in [1.165, 1.54) is 8.71 Å². The van der Waals surface area contributed by atoms with E-state index < -0.39 is 10.0 Å². The second kappa shape index (κ2) is 4.75. The smallest absolute Gasteiger partial charge is 0.262 e. The molecular formula is C13H20N4O2S. The first-order valence-corrected chi connectivity index (χ1v) is 7.76. The number of nitrogen functional groups attached to an aromatic ring is 1. The molecule has 0 aliphatic heterocycles. The van der Waals surface area contributed by atoms with Gasteiger partial charge >= 0.3 is 0 Å². The molecule has 2 aromatic rings. The molecule has 0 spiro atoms. The standard InChI is InChI=1S/C13H20N4O2S/c1-13(2,3)9-16(4)20(18,19)12-11(14)15-10-7-5-6-8-17(10)12/h5-8H,9,14H2,1-4H3. The van der Waals surface area contributed by atoms with Gasteiger partial charge in [-0.25, -0.2) is 13.4 Å².